The molecule has 1 heterocycles. The van der Waals surface area contributed by atoms with Crippen LogP contribution in [0, 0.1) is 11.7 Å². The fourth-order valence-electron chi connectivity index (χ4n) is 2.72. The highest BCUT2D eigenvalue weighted by molar-refractivity contribution is 7.15. The Morgan fingerprint density at radius 1 is 1.41 bits per heavy atom. The molecule has 0 spiro atoms. The second kappa shape index (κ2) is 6.54. The van der Waals surface area contributed by atoms with Crippen molar-refractivity contribution in [2.45, 2.75) is 31.8 Å². The number of aliphatic hydroxyl groups excluding tert-OH is 1. The third-order valence-corrected chi connectivity index (χ3v) is 4.84. The summed E-state index contributed by atoms with van der Waals surface area (Å²) >= 11 is 1.33. The number of nitrogens with one attached hydrogen (secondary N) is 1. The van der Waals surface area contributed by atoms with E-state index in [1.54, 1.807) is 24.4 Å². The predicted molar refractivity (Wildman–Crippen MR) is 83.3 cm³/mol. The van der Waals surface area contributed by atoms with Gasteiger partial charge in [0.05, 0.1) is 12.0 Å². The number of hydrogen-bond acceptors (Lipinski definition) is 4. The molecule has 1 aliphatic rings. The van der Waals surface area contributed by atoms with Crippen LogP contribution in [0.2, 0.25) is 0 Å². The SMILES string of the molecule is O=C(Nc1ncc(Cc2ccccc2F)s1)C1CCCC1O. The Balaban J connectivity index is 1.64. The van der Waals surface area contributed by atoms with Gasteiger partial charge in [0.25, 0.3) is 0 Å². The molecule has 1 aliphatic carbocycles. The Labute approximate surface area is 132 Å². The van der Waals surface area contributed by atoms with Crippen molar-refractivity contribution in [2.75, 3.05) is 5.32 Å². The predicted octanol–water partition coefficient (Wildman–Crippen LogP) is 2.97. The van der Waals surface area contributed by atoms with Gasteiger partial charge in [0.2, 0.25) is 5.91 Å². The van der Waals surface area contributed by atoms with Gasteiger partial charge in [0.1, 0.15) is 5.82 Å². The van der Waals surface area contributed by atoms with E-state index in [2.05, 4.69) is 10.3 Å². The number of benzene rings is 1. The maximum absolute atomic E-state index is 13.6. The molecule has 0 radical (unpaired) electrons. The number of carbonyl (C=O) groups is 1. The number of halogens is 1. The molecule has 1 aromatic carbocycles. The van der Waals surface area contributed by atoms with Crippen molar-refractivity contribution in [1.29, 1.82) is 0 Å². The van der Waals surface area contributed by atoms with E-state index in [1.807, 2.05) is 0 Å². The average Bonchev–Trinajstić information content (AvgIpc) is 3.10. The average molecular weight is 320 g/mol. The molecule has 2 aromatic rings. The zero-order valence-electron chi connectivity index (χ0n) is 12.0. The van der Waals surface area contributed by atoms with Crippen molar-refractivity contribution in [2.24, 2.45) is 5.92 Å². The number of anilines is 1. The number of amides is 1. The van der Waals surface area contributed by atoms with E-state index in [4.69, 9.17) is 0 Å². The van der Waals surface area contributed by atoms with Gasteiger partial charge < -0.3 is 10.4 Å². The molecule has 2 N–H and O–H groups in total. The number of nitrogens with zero attached hydrogens (tertiary/aromatic N) is 1. The number of thiazole rings is 1. The largest absolute Gasteiger partial charge is 0.392 e. The van der Waals surface area contributed by atoms with Gasteiger partial charge in [0, 0.05) is 17.5 Å². The van der Waals surface area contributed by atoms with E-state index in [0.29, 0.717) is 30.0 Å². The Morgan fingerprint density at radius 2 is 2.23 bits per heavy atom. The lowest BCUT2D eigenvalue weighted by Crippen LogP contribution is -2.28. The molecule has 3 rings (SSSR count). The van der Waals surface area contributed by atoms with E-state index in [-0.39, 0.29) is 17.6 Å². The third kappa shape index (κ3) is 3.34. The van der Waals surface area contributed by atoms with Gasteiger partial charge in [-0.3, -0.25) is 4.79 Å². The Morgan fingerprint density at radius 3 is 2.95 bits per heavy atom. The molecule has 22 heavy (non-hydrogen) atoms. The minimum absolute atomic E-state index is 0.184. The van der Waals surface area contributed by atoms with Crippen molar-refractivity contribution in [1.82, 2.24) is 4.98 Å². The van der Waals surface area contributed by atoms with Crippen LogP contribution in [0.25, 0.3) is 0 Å². The highest BCUT2D eigenvalue weighted by atomic mass is 32.1. The highest BCUT2D eigenvalue weighted by Gasteiger charge is 2.31. The molecule has 4 nitrogen and oxygen atoms in total. The van der Waals surface area contributed by atoms with Crippen LogP contribution in [-0.4, -0.2) is 22.1 Å². The van der Waals surface area contributed by atoms with Crippen molar-refractivity contribution in [3.8, 4) is 0 Å². The lowest BCUT2D eigenvalue weighted by atomic mass is 10.1. The zero-order valence-corrected chi connectivity index (χ0v) is 12.8. The quantitative estimate of drug-likeness (QED) is 0.910. The molecule has 1 fully saturated rings. The van der Waals surface area contributed by atoms with Gasteiger partial charge >= 0.3 is 0 Å². The van der Waals surface area contributed by atoms with E-state index in [1.165, 1.54) is 17.4 Å². The lowest BCUT2D eigenvalue weighted by molar-refractivity contribution is -0.122. The van der Waals surface area contributed by atoms with E-state index in [9.17, 15) is 14.3 Å². The topological polar surface area (TPSA) is 62.2 Å². The van der Waals surface area contributed by atoms with Gasteiger partial charge in [-0.2, -0.15) is 0 Å². The molecule has 0 saturated heterocycles. The Hall–Kier alpha value is -1.79. The minimum atomic E-state index is -0.558. The molecule has 0 bridgehead atoms. The van der Waals surface area contributed by atoms with Crippen molar-refractivity contribution in [3.63, 3.8) is 0 Å². The second-order valence-electron chi connectivity index (χ2n) is 5.49. The summed E-state index contributed by atoms with van der Waals surface area (Å²) in [5.74, 6) is -0.772. The van der Waals surface area contributed by atoms with E-state index < -0.39 is 6.10 Å². The number of hydrogen-bond donors (Lipinski definition) is 2. The van der Waals surface area contributed by atoms with Gasteiger partial charge in [-0.15, -0.1) is 11.3 Å². The van der Waals surface area contributed by atoms with Crippen LogP contribution in [0.3, 0.4) is 0 Å². The van der Waals surface area contributed by atoms with Crippen LogP contribution < -0.4 is 5.32 Å². The summed E-state index contributed by atoms with van der Waals surface area (Å²) in [6, 6.07) is 6.62. The molecule has 0 aliphatic heterocycles. The summed E-state index contributed by atoms with van der Waals surface area (Å²) in [5.41, 5.74) is 0.607. The maximum atomic E-state index is 13.6. The first-order valence-electron chi connectivity index (χ1n) is 7.30. The van der Waals surface area contributed by atoms with Crippen LogP contribution in [0.15, 0.2) is 30.5 Å². The molecule has 116 valence electrons. The molecule has 2 atom stereocenters. The van der Waals surface area contributed by atoms with Gasteiger partial charge in [-0.05, 0) is 30.9 Å². The van der Waals surface area contributed by atoms with Gasteiger partial charge in [-0.25, -0.2) is 9.37 Å². The van der Waals surface area contributed by atoms with Gasteiger partial charge in [0.15, 0.2) is 5.13 Å². The molecule has 1 amide bonds. The Kier molecular flexibility index (Phi) is 4.49. The first-order valence-corrected chi connectivity index (χ1v) is 8.12. The smallest absolute Gasteiger partial charge is 0.231 e. The molecule has 6 heteroatoms. The molecule has 1 saturated carbocycles. The Bertz CT molecular complexity index is 674. The summed E-state index contributed by atoms with van der Waals surface area (Å²) in [7, 11) is 0. The van der Waals surface area contributed by atoms with Gasteiger partial charge in [-0.1, -0.05) is 18.2 Å². The number of rotatable bonds is 4. The molecular formula is C16H17FN2O2S. The lowest BCUT2D eigenvalue weighted by Gasteiger charge is -2.12. The summed E-state index contributed by atoms with van der Waals surface area (Å²) in [6.07, 6.45) is 3.80. The van der Waals surface area contributed by atoms with Crippen molar-refractivity contribution >= 4 is 22.4 Å². The van der Waals surface area contributed by atoms with Crippen molar-refractivity contribution in [3.05, 3.63) is 46.7 Å². The number of aromatic nitrogens is 1. The zero-order chi connectivity index (χ0) is 15.5. The summed E-state index contributed by atoms with van der Waals surface area (Å²) < 4.78 is 13.6. The first-order chi connectivity index (χ1) is 10.6. The van der Waals surface area contributed by atoms with Crippen LogP contribution >= 0.6 is 11.3 Å². The maximum Gasteiger partial charge on any atom is 0.231 e. The van der Waals surface area contributed by atoms with Crippen molar-refractivity contribution < 1.29 is 14.3 Å². The highest BCUT2D eigenvalue weighted by Crippen LogP contribution is 2.28. The monoisotopic (exact) mass is 320 g/mol. The van der Waals surface area contributed by atoms with Crippen LogP contribution in [0.4, 0.5) is 9.52 Å². The first kappa shape index (κ1) is 15.1. The summed E-state index contributed by atoms with van der Waals surface area (Å²) in [6.45, 7) is 0. The van der Waals surface area contributed by atoms with E-state index in [0.717, 1.165) is 11.3 Å². The van der Waals surface area contributed by atoms with Crippen LogP contribution in [-0.2, 0) is 11.2 Å². The summed E-state index contributed by atoms with van der Waals surface area (Å²) in [4.78, 5) is 17.1. The molecule has 2 unspecified atom stereocenters. The number of aliphatic hydroxyl groups is 1. The standard InChI is InChI=1S/C16H17FN2O2S/c17-13-6-2-1-4-10(13)8-11-9-18-16(22-11)19-15(21)12-5-3-7-14(12)20/h1-2,4,6,9,12,14,20H,3,5,7-8H2,(H,18,19,21). The van der Waals surface area contributed by atoms with E-state index >= 15 is 0 Å². The summed E-state index contributed by atoms with van der Waals surface area (Å²) in [5, 5.41) is 13.0. The number of carbonyl (C=O) groups excluding carboxylic acids is 1. The molecule has 1 aromatic heterocycles. The molecular weight excluding hydrogens is 303 g/mol. The third-order valence-electron chi connectivity index (χ3n) is 3.92. The van der Waals surface area contributed by atoms with Crippen LogP contribution in [0.5, 0.6) is 0 Å². The fraction of sp³-hybridized carbons (Fsp3) is 0.375. The second-order valence-corrected chi connectivity index (χ2v) is 6.61. The fourth-order valence-corrected chi connectivity index (χ4v) is 3.56. The van der Waals surface area contributed by atoms with Crippen LogP contribution in [0.1, 0.15) is 29.7 Å². The normalized spacial score (nSPS) is 21.0. The minimum Gasteiger partial charge on any atom is -0.392 e.